The van der Waals surface area contributed by atoms with Crippen molar-refractivity contribution in [3.05, 3.63) is 94.3 Å². The molecule has 1 N–H and O–H groups in total. The number of benzene rings is 3. The Morgan fingerprint density at radius 3 is 2.29 bits per heavy atom. The molecule has 3 nitrogen and oxygen atoms in total. The maximum atomic E-state index is 13.0. The van der Waals surface area contributed by atoms with E-state index >= 15 is 0 Å². The lowest BCUT2D eigenvalue weighted by Gasteiger charge is -2.15. The van der Waals surface area contributed by atoms with Gasteiger partial charge < -0.3 is 14.8 Å². The summed E-state index contributed by atoms with van der Waals surface area (Å²) in [5.74, 6) is 1.05. The number of halogens is 2. The Kier molecular flexibility index (Phi) is 7.29. The minimum Gasteiger partial charge on any atom is -0.490 e. The number of hydrogen-bond acceptors (Lipinski definition) is 3. The van der Waals surface area contributed by atoms with E-state index in [9.17, 15) is 4.39 Å². The second kappa shape index (κ2) is 10.1. The molecule has 5 heteroatoms. The quantitative estimate of drug-likeness (QED) is 0.497. The summed E-state index contributed by atoms with van der Waals surface area (Å²) in [4.78, 5) is 0. The van der Waals surface area contributed by atoms with Crippen LogP contribution in [0.1, 0.15) is 23.6 Å². The van der Waals surface area contributed by atoms with E-state index < -0.39 is 0 Å². The van der Waals surface area contributed by atoms with Crippen LogP contribution in [0.5, 0.6) is 11.5 Å². The highest BCUT2D eigenvalue weighted by Gasteiger charge is 2.11. The van der Waals surface area contributed by atoms with Gasteiger partial charge >= 0.3 is 0 Å². The molecule has 146 valence electrons. The van der Waals surface area contributed by atoms with Crippen molar-refractivity contribution in [2.24, 2.45) is 0 Å². The SMILES string of the molecule is CCOc1cc(CNCc2ccc(F)cc2)c(Cl)cc1OCc1ccccc1. The fraction of sp³-hybridized carbons (Fsp3) is 0.217. The van der Waals surface area contributed by atoms with Gasteiger partial charge in [-0.05, 0) is 41.8 Å². The van der Waals surface area contributed by atoms with E-state index in [1.807, 2.05) is 43.3 Å². The number of ether oxygens (including phenoxy) is 2. The van der Waals surface area contributed by atoms with Crippen LogP contribution in [-0.2, 0) is 19.7 Å². The molecule has 0 aromatic heterocycles. The molecule has 0 spiro atoms. The maximum absolute atomic E-state index is 13.0. The van der Waals surface area contributed by atoms with E-state index in [2.05, 4.69) is 5.32 Å². The monoisotopic (exact) mass is 399 g/mol. The first-order chi connectivity index (χ1) is 13.7. The van der Waals surface area contributed by atoms with Crippen LogP contribution >= 0.6 is 11.6 Å². The zero-order valence-electron chi connectivity index (χ0n) is 15.8. The van der Waals surface area contributed by atoms with Crippen molar-refractivity contribution >= 4 is 11.6 Å². The van der Waals surface area contributed by atoms with Gasteiger partial charge in [0.1, 0.15) is 12.4 Å². The highest BCUT2D eigenvalue weighted by atomic mass is 35.5. The average molecular weight is 400 g/mol. The predicted molar refractivity (Wildman–Crippen MR) is 110 cm³/mol. The van der Waals surface area contributed by atoms with Gasteiger partial charge in [0.05, 0.1) is 6.61 Å². The first-order valence-corrected chi connectivity index (χ1v) is 9.60. The van der Waals surface area contributed by atoms with Gasteiger partial charge in [0.15, 0.2) is 11.5 Å². The number of nitrogens with one attached hydrogen (secondary N) is 1. The molecule has 0 bridgehead atoms. The van der Waals surface area contributed by atoms with Crippen LogP contribution in [-0.4, -0.2) is 6.61 Å². The van der Waals surface area contributed by atoms with Gasteiger partial charge in [-0.1, -0.05) is 54.1 Å². The number of rotatable bonds is 9. The van der Waals surface area contributed by atoms with Gasteiger partial charge in [0, 0.05) is 24.2 Å². The minimum atomic E-state index is -0.237. The molecule has 0 aliphatic rings. The Morgan fingerprint density at radius 1 is 0.857 bits per heavy atom. The third-order valence-corrected chi connectivity index (χ3v) is 4.56. The lowest BCUT2D eigenvalue weighted by Crippen LogP contribution is -2.13. The van der Waals surface area contributed by atoms with Crippen LogP contribution in [0.4, 0.5) is 4.39 Å². The molecule has 3 rings (SSSR count). The van der Waals surface area contributed by atoms with Crippen LogP contribution in [0.2, 0.25) is 5.02 Å². The van der Waals surface area contributed by atoms with Crippen molar-refractivity contribution in [2.75, 3.05) is 6.61 Å². The lowest BCUT2D eigenvalue weighted by molar-refractivity contribution is 0.269. The molecule has 0 fully saturated rings. The molecule has 0 aliphatic carbocycles. The summed E-state index contributed by atoms with van der Waals surface area (Å²) in [6.45, 7) is 4.09. The van der Waals surface area contributed by atoms with Crippen molar-refractivity contribution in [2.45, 2.75) is 26.6 Å². The fourth-order valence-electron chi connectivity index (χ4n) is 2.77. The lowest BCUT2D eigenvalue weighted by atomic mass is 10.1. The summed E-state index contributed by atoms with van der Waals surface area (Å²) in [6, 6.07) is 20.1. The first kappa shape index (κ1) is 20.2. The predicted octanol–water partition coefficient (Wildman–Crippen LogP) is 5.75. The van der Waals surface area contributed by atoms with Crippen molar-refractivity contribution in [3.8, 4) is 11.5 Å². The summed E-state index contributed by atoms with van der Waals surface area (Å²) in [5.41, 5.74) is 3.00. The van der Waals surface area contributed by atoms with Gasteiger partial charge in [-0.25, -0.2) is 4.39 Å². The third-order valence-electron chi connectivity index (χ3n) is 4.21. The second-order valence-electron chi connectivity index (χ2n) is 6.33. The Hall–Kier alpha value is -2.56. The highest BCUT2D eigenvalue weighted by molar-refractivity contribution is 6.31. The Labute approximate surface area is 170 Å². The van der Waals surface area contributed by atoms with Crippen molar-refractivity contribution < 1.29 is 13.9 Å². The summed E-state index contributed by atoms with van der Waals surface area (Å²) >= 11 is 6.46. The summed E-state index contributed by atoms with van der Waals surface area (Å²) < 4.78 is 24.7. The van der Waals surface area contributed by atoms with Crippen molar-refractivity contribution in [1.82, 2.24) is 5.32 Å². The summed E-state index contributed by atoms with van der Waals surface area (Å²) in [5, 5.41) is 3.93. The molecule has 0 radical (unpaired) electrons. The third kappa shape index (κ3) is 5.72. The Bertz CT molecular complexity index is 885. The minimum absolute atomic E-state index is 0.237. The zero-order valence-corrected chi connectivity index (χ0v) is 16.5. The molecule has 0 unspecified atom stereocenters. The van der Waals surface area contributed by atoms with Gasteiger partial charge in [0.25, 0.3) is 0 Å². The molecule has 0 saturated heterocycles. The van der Waals surface area contributed by atoms with Gasteiger partial charge in [-0.3, -0.25) is 0 Å². The smallest absolute Gasteiger partial charge is 0.163 e. The molecule has 28 heavy (non-hydrogen) atoms. The van der Waals surface area contributed by atoms with Gasteiger partial charge in [0.2, 0.25) is 0 Å². The van der Waals surface area contributed by atoms with E-state index in [0.717, 1.165) is 16.7 Å². The van der Waals surface area contributed by atoms with Crippen molar-refractivity contribution in [3.63, 3.8) is 0 Å². The van der Waals surface area contributed by atoms with Crippen LogP contribution < -0.4 is 14.8 Å². The first-order valence-electron chi connectivity index (χ1n) is 9.23. The summed E-state index contributed by atoms with van der Waals surface area (Å²) in [6.07, 6.45) is 0. The molecule has 3 aromatic rings. The topological polar surface area (TPSA) is 30.5 Å². The molecule has 0 saturated carbocycles. The normalized spacial score (nSPS) is 10.7. The Morgan fingerprint density at radius 2 is 1.57 bits per heavy atom. The van der Waals surface area contributed by atoms with E-state index in [-0.39, 0.29) is 5.82 Å². The fourth-order valence-corrected chi connectivity index (χ4v) is 2.99. The largest absolute Gasteiger partial charge is 0.490 e. The molecule has 0 amide bonds. The second-order valence-corrected chi connectivity index (χ2v) is 6.73. The van der Waals surface area contributed by atoms with Gasteiger partial charge in [-0.15, -0.1) is 0 Å². The standard InChI is InChI=1S/C23H23ClFNO2/c1-2-27-22-12-19(15-26-14-17-8-10-20(25)11-9-17)21(24)13-23(22)28-16-18-6-4-3-5-7-18/h3-13,26H,2,14-16H2,1H3. The Balaban J connectivity index is 1.66. The van der Waals surface area contributed by atoms with E-state index in [0.29, 0.717) is 42.8 Å². The molecule has 0 aliphatic heterocycles. The summed E-state index contributed by atoms with van der Waals surface area (Å²) in [7, 11) is 0. The molecular weight excluding hydrogens is 377 g/mol. The van der Waals surface area contributed by atoms with Crippen LogP contribution in [0.25, 0.3) is 0 Å². The highest BCUT2D eigenvalue weighted by Crippen LogP contribution is 2.34. The van der Waals surface area contributed by atoms with Crippen LogP contribution in [0.15, 0.2) is 66.7 Å². The molecular formula is C23H23ClFNO2. The zero-order chi connectivity index (χ0) is 19.8. The molecule has 0 atom stereocenters. The van der Waals surface area contributed by atoms with E-state index in [1.54, 1.807) is 18.2 Å². The average Bonchev–Trinajstić information content (AvgIpc) is 2.71. The van der Waals surface area contributed by atoms with E-state index in [4.69, 9.17) is 21.1 Å². The van der Waals surface area contributed by atoms with Crippen LogP contribution in [0, 0.1) is 5.82 Å². The maximum Gasteiger partial charge on any atom is 0.163 e. The molecule has 3 aromatic carbocycles. The van der Waals surface area contributed by atoms with E-state index in [1.165, 1.54) is 12.1 Å². The van der Waals surface area contributed by atoms with Crippen LogP contribution in [0.3, 0.4) is 0 Å². The van der Waals surface area contributed by atoms with Crippen molar-refractivity contribution in [1.29, 1.82) is 0 Å². The molecule has 0 heterocycles. The number of hydrogen-bond donors (Lipinski definition) is 1. The van der Waals surface area contributed by atoms with Gasteiger partial charge in [-0.2, -0.15) is 0 Å².